The molecule has 118 valence electrons. The predicted octanol–water partition coefficient (Wildman–Crippen LogP) is 2.41. The molecule has 8 heteroatoms. The molecular formula is C13H22N4O4. The van der Waals surface area contributed by atoms with Crippen molar-refractivity contribution >= 4 is 17.5 Å². The second-order valence-corrected chi connectivity index (χ2v) is 5.10. The van der Waals surface area contributed by atoms with E-state index in [2.05, 4.69) is 17.3 Å². The number of nitro groups is 1. The van der Waals surface area contributed by atoms with Gasteiger partial charge in [0.25, 0.3) is 0 Å². The highest BCUT2D eigenvalue weighted by molar-refractivity contribution is 5.66. The van der Waals surface area contributed by atoms with Gasteiger partial charge in [-0.3, -0.25) is 19.6 Å². The van der Waals surface area contributed by atoms with E-state index >= 15 is 0 Å². The largest absolute Gasteiger partial charge is 0.481 e. The summed E-state index contributed by atoms with van der Waals surface area (Å²) in [6.07, 6.45) is 4.88. The van der Waals surface area contributed by atoms with E-state index in [0.717, 1.165) is 19.3 Å². The molecule has 0 saturated carbocycles. The number of nitrogens with one attached hydrogen (secondary N) is 1. The molecule has 0 bridgehead atoms. The zero-order valence-electron chi connectivity index (χ0n) is 12.4. The van der Waals surface area contributed by atoms with Gasteiger partial charge in [-0.1, -0.05) is 19.8 Å². The van der Waals surface area contributed by atoms with Crippen LogP contribution in [0.1, 0.15) is 39.0 Å². The first kappa shape index (κ1) is 16.9. The van der Waals surface area contributed by atoms with Crippen molar-refractivity contribution in [3.63, 3.8) is 0 Å². The minimum atomic E-state index is -0.788. The molecule has 1 unspecified atom stereocenters. The van der Waals surface area contributed by atoms with Gasteiger partial charge in [0, 0.05) is 20.0 Å². The summed E-state index contributed by atoms with van der Waals surface area (Å²) in [7, 11) is 1.63. The lowest BCUT2D eigenvalue weighted by Gasteiger charge is -2.15. The Morgan fingerprint density at radius 2 is 2.24 bits per heavy atom. The number of hydrogen-bond acceptors (Lipinski definition) is 5. The molecule has 1 heterocycles. The molecule has 0 aliphatic rings. The molecule has 2 N–H and O–H groups in total. The molecule has 0 aliphatic carbocycles. The highest BCUT2D eigenvalue weighted by Gasteiger charge is 2.18. The average molecular weight is 298 g/mol. The van der Waals surface area contributed by atoms with Gasteiger partial charge in [0.05, 0.1) is 4.92 Å². The van der Waals surface area contributed by atoms with Crippen LogP contribution in [-0.4, -0.2) is 32.3 Å². The molecule has 0 fully saturated rings. The maximum atomic E-state index is 10.9. The first-order valence-corrected chi connectivity index (χ1v) is 7.07. The molecule has 0 spiro atoms. The van der Waals surface area contributed by atoms with Crippen molar-refractivity contribution in [2.45, 2.75) is 39.0 Å². The molecule has 1 aromatic heterocycles. The number of carbonyl (C=O) groups is 1. The Morgan fingerprint density at radius 1 is 1.52 bits per heavy atom. The van der Waals surface area contributed by atoms with Crippen LogP contribution in [0.2, 0.25) is 0 Å². The number of carboxylic acids is 1. The lowest BCUT2D eigenvalue weighted by atomic mass is 9.94. The topological polar surface area (TPSA) is 110 Å². The van der Waals surface area contributed by atoms with Gasteiger partial charge < -0.3 is 10.4 Å². The number of rotatable bonds is 10. The smallest absolute Gasteiger partial charge is 0.330 e. The van der Waals surface area contributed by atoms with Gasteiger partial charge in [0.2, 0.25) is 5.82 Å². The molecule has 1 aromatic rings. The molecule has 0 radical (unpaired) electrons. The van der Waals surface area contributed by atoms with Crippen LogP contribution < -0.4 is 5.32 Å². The van der Waals surface area contributed by atoms with Crippen molar-refractivity contribution < 1.29 is 14.8 Å². The van der Waals surface area contributed by atoms with E-state index < -0.39 is 10.9 Å². The van der Waals surface area contributed by atoms with E-state index in [9.17, 15) is 14.9 Å². The lowest BCUT2D eigenvalue weighted by molar-refractivity contribution is -0.384. The Hall–Kier alpha value is -2.12. The maximum Gasteiger partial charge on any atom is 0.330 e. The van der Waals surface area contributed by atoms with Crippen molar-refractivity contribution in [3.05, 3.63) is 16.3 Å². The quantitative estimate of drug-likeness (QED) is 0.507. The SMILES string of the molecule is CCCC(CCNc1nn(C)cc1[N+](=O)[O-])CCC(=O)O. The highest BCUT2D eigenvalue weighted by Crippen LogP contribution is 2.23. The van der Waals surface area contributed by atoms with Crippen LogP contribution in [0.25, 0.3) is 0 Å². The number of aliphatic carboxylic acids is 1. The van der Waals surface area contributed by atoms with E-state index in [4.69, 9.17) is 5.11 Å². The van der Waals surface area contributed by atoms with Gasteiger partial charge in [-0.25, -0.2) is 0 Å². The first-order chi connectivity index (χ1) is 9.93. The molecule has 1 rings (SSSR count). The Labute approximate surface area is 123 Å². The third-order valence-electron chi connectivity index (χ3n) is 3.31. The van der Waals surface area contributed by atoms with E-state index in [1.165, 1.54) is 10.9 Å². The summed E-state index contributed by atoms with van der Waals surface area (Å²) in [6, 6.07) is 0. The number of aryl methyl sites for hydroxylation is 1. The lowest BCUT2D eigenvalue weighted by Crippen LogP contribution is -2.12. The number of anilines is 1. The third kappa shape index (κ3) is 5.80. The first-order valence-electron chi connectivity index (χ1n) is 7.07. The van der Waals surface area contributed by atoms with E-state index in [-0.39, 0.29) is 17.9 Å². The Morgan fingerprint density at radius 3 is 2.81 bits per heavy atom. The number of nitrogens with zero attached hydrogens (tertiary/aromatic N) is 3. The van der Waals surface area contributed by atoms with Crippen LogP contribution in [-0.2, 0) is 11.8 Å². The molecule has 0 amide bonds. The molecule has 0 saturated heterocycles. The van der Waals surface area contributed by atoms with Crippen molar-refractivity contribution in [1.82, 2.24) is 9.78 Å². The third-order valence-corrected chi connectivity index (χ3v) is 3.31. The summed E-state index contributed by atoms with van der Waals surface area (Å²) in [6.45, 7) is 2.60. The summed E-state index contributed by atoms with van der Waals surface area (Å²) in [5, 5.41) is 26.6. The van der Waals surface area contributed by atoms with Crippen LogP contribution in [0.3, 0.4) is 0 Å². The Bertz CT molecular complexity index is 487. The number of aromatic nitrogens is 2. The van der Waals surface area contributed by atoms with E-state index in [1.807, 2.05) is 0 Å². The second-order valence-electron chi connectivity index (χ2n) is 5.10. The molecule has 0 aliphatic heterocycles. The summed E-state index contributed by atoms with van der Waals surface area (Å²) < 4.78 is 1.40. The Kier molecular flexibility index (Phi) is 6.64. The molecule has 21 heavy (non-hydrogen) atoms. The summed E-state index contributed by atoms with van der Waals surface area (Å²) in [4.78, 5) is 21.0. The van der Waals surface area contributed by atoms with Crippen molar-refractivity contribution in [2.75, 3.05) is 11.9 Å². The maximum absolute atomic E-state index is 10.9. The molecule has 8 nitrogen and oxygen atoms in total. The van der Waals surface area contributed by atoms with Crippen LogP contribution >= 0.6 is 0 Å². The number of hydrogen-bond donors (Lipinski definition) is 2. The normalized spacial score (nSPS) is 12.1. The van der Waals surface area contributed by atoms with Gasteiger partial charge in [0.1, 0.15) is 6.20 Å². The van der Waals surface area contributed by atoms with Gasteiger partial charge >= 0.3 is 11.7 Å². The highest BCUT2D eigenvalue weighted by atomic mass is 16.6. The predicted molar refractivity (Wildman–Crippen MR) is 78.2 cm³/mol. The monoisotopic (exact) mass is 298 g/mol. The van der Waals surface area contributed by atoms with Crippen LogP contribution in [0.4, 0.5) is 11.5 Å². The van der Waals surface area contributed by atoms with Crippen LogP contribution in [0.5, 0.6) is 0 Å². The van der Waals surface area contributed by atoms with Crippen molar-refractivity contribution in [1.29, 1.82) is 0 Å². The summed E-state index contributed by atoms with van der Waals surface area (Å²) in [5.41, 5.74) is -0.0462. The minimum absolute atomic E-state index is 0.0462. The van der Waals surface area contributed by atoms with Crippen LogP contribution in [0, 0.1) is 16.0 Å². The molecule has 0 aromatic carbocycles. The second kappa shape index (κ2) is 8.23. The minimum Gasteiger partial charge on any atom is -0.481 e. The van der Waals surface area contributed by atoms with Gasteiger partial charge in [-0.2, -0.15) is 0 Å². The Balaban J connectivity index is 2.49. The zero-order chi connectivity index (χ0) is 15.8. The van der Waals surface area contributed by atoms with E-state index in [0.29, 0.717) is 18.9 Å². The molecular weight excluding hydrogens is 276 g/mol. The van der Waals surface area contributed by atoms with Gasteiger partial charge in [-0.15, -0.1) is 5.10 Å². The van der Waals surface area contributed by atoms with Crippen molar-refractivity contribution in [2.24, 2.45) is 13.0 Å². The van der Waals surface area contributed by atoms with Gasteiger partial charge in [-0.05, 0) is 18.8 Å². The fourth-order valence-electron chi connectivity index (χ4n) is 2.30. The van der Waals surface area contributed by atoms with Crippen LogP contribution in [0.15, 0.2) is 6.20 Å². The summed E-state index contributed by atoms with van der Waals surface area (Å²) in [5.74, 6) is -0.221. The van der Waals surface area contributed by atoms with Crippen molar-refractivity contribution in [3.8, 4) is 0 Å². The fraction of sp³-hybridized carbons (Fsp3) is 0.692. The number of carboxylic acid groups (broad SMARTS) is 1. The zero-order valence-corrected chi connectivity index (χ0v) is 12.4. The molecule has 1 atom stereocenters. The van der Waals surface area contributed by atoms with E-state index in [1.54, 1.807) is 7.05 Å². The average Bonchev–Trinajstić information content (AvgIpc) is 2.77. The fourth-order valence-corrected chi connectivity index (χ4v) is 2.30. The van der Waals surface area contributed by atoms with Gasteiger partial charge in [0.15, 0.2) is 0 Å². The standard InChI is InChI=1S/C13H22N4O4/c1-3-4-10(5-6-12(18)19)7-8-14-13-11(17(20)21)9-16(2)15-13/h9-10H,3-8H2,1-2H3,(H,14,15)(H,18,19). The summed E-state index contributed by atoms with van der Waals surface area (Å²) >= 11 is 0.